The van der Waals surface area contributed by atoms with Crippen molar-refractivity contribution >= 4 is 11.6 Å². The maximum atomic E-state index is 12.7. The Balaban J connectivity index is 1.75. The summed E-state index contributed by atoms with van der Waals surface area (Å²) in [5.41, 5.74) is 3.09. The third kappa shape index (κ3) is 2.48. The summed E-state index contributed by atoms with van der Waals surface area (Å²) in [7, 11) is 0. The summed E-state index contributed by atoms with van der Waals surface area (Å²) in [6.45, 7) is 0. The fourth-order valence-corrected chi connectivity index (χ4v) is 3.18. The zero-order valence-electron chi connectivity index (χ0n) is 13.2. The van der Waals surface area contributed by atoms with E-state index in [2.05, 4.69) is 0 Å². The zero-order valence-corrected chi connectivity index (χ0v) is 13.2. The van der Waals surface area contributed by atoms with Gasteiger partial charge in [0.05, 0.1) is 0 Å². The predicted octanol–water partition coefficient (Wildman–Crippen LogP) is 3.46. The van der Waals surface area contributed by atoms with Gasteiger partial charge in [-0.1, -0.05) is 42.5 Å². The van der Waals surface area contributed by atoms with E-state index in [-0.39, 0.29) is 23.1 Å². The molecule has 122 valence electrons. The van der Waals surface area contributed by atoms with E-state index in [1.165, 1.54) is 12.1 Å². The standard InChI is InChI=1S/C21H14O4/c22-14-7-6-13(19(23)11-14)9-12-5-8-17-18(10-12)21(25)16-4-2-1-3-15(16)20(17)24/h1-8,10-11,22-23H,9H2. The highest BCUT2D eigenvalue weighted by molar-refractivity contribution is 6.28. The van der Waals surface area contributed by atoms with Gasteiger partial charge in [-0.05, 0) is 23.3 Å². The highest BCUT2D eigenvalue weighted by Crippen LogP contribution is 2.30. The molecule has 0 saturated heterocycles. The monoisotopic (exact) mass is 330 g/mol. The first-order valence-electron chi connectivity index (χ1n) is 7.87. The molecule has 0 bridgehead atoms. The maximum Gasteiger partial charge on any atom is 0.194 e. The van der Waals surface area contributed by atoms with Crippen LogP contribution >= 0.6 is 0 Å². The van der Waals surface area contributed by atoms with Crippen molar-refractivity contribution < 1.29 is 19.8 Å². The third-order valence-corrected chi connectivity index (χ3v) is 4.45. The number of phenols is 2. The fraction of sp³-hybridized carbons (Fsp3) is 0.0476. The lowest BCUT2D eigenvalue weighted by Gasteiger charge is -2.18. The number of hydrogen-bond acceptors (Lipinski definition) is 4. The number of hydrogen-bond donors (Lipinski definition) is 2. The minimum Gasteiger partial charge on any atom is -0.508 e. The maximum absolute atomic E-state index is 12.7. The number of carbonyl (C=O) groups is 2. The summed E-state index contributed by atoms with van der Waals surface area (Å²) in [4.78, 5) is 25.3. The van der Waals surface area contributed by atoms with Gasteiger partial charge in [-0.2, -0.15) is 0 Å². The number of ketones is 2. The van der Waals surface area contributed by atoms with Gasteiger partial charge in [0.25, 0.3) is 0 Å². The lowest BCUT2D eigenvalue weighted by molar-refractivity contribution is 0.0979. The van der Waals surface area contributed by atoms with Gasteiger partial charge in [0.1, 0.15) is 11.5 Å². The van der Waals surface area contributed by atoms with Crippen LogP contribution in [0.3, 0.4) is 0 Å². The molecular formula is C21H14O4. The highest BCUT2D eigenvalue weighted by atomic mass is 16.3. The van der Waals surface area contributed by atoms with E-state index >= 15 is 0 Å². The largest absolute Gasteiger partial charge is 0.508 e. The minimum atomic E-state index is -0.165. The number of phenolic OH excluding ortho intramolecular Hbond substituents is 2. The van der Waals surface area contributed by atoms with Crippen molar-refractivity contribution in [3.05, 3.63) is 94.0 Å². The fourth-order valence-electron chi connectivity index (χ4n) is 3.18. The van der Waals surface area contributed by atoms with Crippen LogP contribution in [-0.4, -0.2) is 21.8 Å². The van der Waals surface area contributed by atoms with Crippen molar-refractivity contribution in [2.24, 2.45) is 0 Å². The van der Waals surface area contributed by atoms with Crippen LogP contribution in [0.25, 0.3) is 0 Å². The molecule has 1 aliphatic carbocycles. The van der Waals surface area contributed by atoms with E-state index in [1.807, 2.05) is 0 Å². The molecule has 0 aromatic heterocycles. The quantitative estimate of drug-likeness (QED) is 0.590. The number of fused-ring (bicyclic) bond motifs is 2. The first-order chi connectivity index (χ1) is 12.0. The average Bonchev–Trinajstić information content (AvgIpc) is 2.62. The Morgan fingerprint density at radius 2 is 1.32 bits per heavy atom. The lowest BCUT2D eigenvalue weighted by atomic mass is 9.83. The number of carbonyl (C=O) groups excluding carboxylic acids is 2. The molecular weight excluding hydrogens is 316 g/mol. The first kappa shape index (κ1) is 15.1. The normalized spacial score (nSPS) is 12.6. The Kier molecular flexibility index (Phi) is 3.39. The van der Waals surface area contributed by atoms with E-state index in [9.17, 15) is 19.8 Å². The van der Waals surface area contributed by atoms with Crippen LogP contribution in [-0.2, 0) is 6.42 Å². The topological polar surface area (TPSA) is 74.6 Å². The van der Waals surface area contributed by atoms with Gasteiger partial charge >= 0.3 is 0 Å². The van der Waals surface area contributed by atoms with Gasteiger partial charge in [0.15, 0.2) is 11.6 Å². The van der Waals surface area contributed by atoms with Gasteiger partial charge in [0.2, 0.25) is 0 Å². The second-order valence-electron chi connectivity index (χ2n) is 6.07. The van der Waals surface area contributed by atoms with Crippen molar-refractivity contribution in [2.45, 2.75) is 6.42 Å². The SMILES string of the molecule is O=C1c2ccccc2C(=O)c2cc(Cc3ccc(O)cc3O)ccc21. The molecule has 4 rings (SSSR count). The third-order valence-electron chi connectivity index (χ3n) is 4.45. The van der Waals surface area contributed by atoms with Crippen molar-refractivity contribution in [3.63, 3.8) is 0 Å². The van der Waals surface area contributed by atoms with Crippen LogP contribution in [0.4, 0.5) is 0 Å². The number of aromatic hydroxyl groups is 2. The van der Waals surface area contributed by atoms with Crippen molar-refractivity contribution in [1.29, 1.82) is 0 Å². The van der Waals surface area contributed by atoms with Gasteiger partial charge in [-0.25, -0.2) is 0 Å². The molecule has 4 heteroatoms. The van der Waals surface area contributed by atoms with E-state index in [0.717, 1.165) is 5.56 Å². The van der Waals surface area contributed by atoms with Crippen LogP contribution < -0.4 is 0 Å². The molecule has 3 aromatic carbocycles. The van der Waals surface area contributed by atoms with Crippen LogP contribution in [0, 0.1) is 0 Å². The van der Waals surface area contributed by atoms with Crippen LogP contribution in [0.2, 0.25) is 0 Å². The molecule has 2 N–H and O–H groups in total. The van der Waals surface area contributed by atoms with Crippen LogP contribution in [0.1, 0.15) is 43.0 Å². The summed E-state index contributed by atoms with van der Waals surface area (Å²) in [6, 6.07) is 16.4. The molecule has 25 heavy (non-hydrogen) atoms. The molecule has 0 atom stereocenters. The molecule has 0 fully saturated rings. The molecule has 0 heterocycles. The Bertz CT molecular complexity index is 1030. The van der Waals surface area contributed by atoms with E-state index in [1.54, 1.807) is 48.5 Å². The van der Waals surface area contributed by atoms with Crippen molar-refractivity contribution in [3.8, 4) is 11.5 Å². The van der Waals surface area contributed by atoms with Crippen LogP contribution in [0.5, 0.6) is 11.5 Å². The Hall–Kier alpha value is -3.40. The van der Waals surface area contributed by atoms with Crippen molar-refractivity contribution in [2.75, 3.05) is 0 Å². The summed E-state index contributed by atoms with van der Waals surface area (Å²) < 4.78 is 0. The molecule has 0 amide bonds. The summed E-state index contributed by atoms with van der Waals surface area (Å²) in [5.74, 6) is -0.333. The smallest absolute Gasteiger partial charge is 0.194 e. The summed E-state index contributed by atoms with van der Waals surface area (Å²) in [6.07, 6.45) is 0.391. The Labute approximate surface area is 144 Å². The number of benzene rings is 3. The average molecular weight is 330 g/mol. The molecule has 0 aliphatic heterocycles. The van der Waals surface area contributed by atoms with Gasteiger partial charge in [-0.15, -0.1) is 0 Å². The van der Waals surface area contributed by atoms with Gasteiger partial charge < -0.3 is 10.2 Å². The molecule has 0 spiro atoms. The first-order valence-corrected chi connectivity index (χ1v) is 7.87. The van der Waals surface area contributed by atoms with Crippen molar-refractivity contribution in [1.82, 2.24) is 0 Å². The second-order valence-corrected chi connectivity index (χ2v) is 6.07. The highest BCUT2D eigenvalue weighted by Gasteiger charge is 2.29. The Morgan fingerprint density at radius 3 is 2.00 bits per heavy atom. The molecule has 0 unspecified atom stereocenters. The second kappa shape index (κ2) is 5.60. The molecule has 1 aliphatic rings. The van der Waals surface area contributed by atoms with E-state index in [0.29, 0.717) is 34.2 Å². The number of rotatable bonds is 2. The van der Waals surface area contributed by atoms with E-state index < -0.39 is 0 Å². The molecule has 0 saturated carbocycles. The molecule has 3 aromatic rings. The molecule has 0 radical (unpaired) electrons. The van der Waals surface area contributed by atoms with Gasteiger partial charge in [-0.3, -0.25) is 9.59 Å². The Morgan fingerprint density at radius 1 is 0.680 bits per heavy atom. The lowest BCUT2D eigenvalue weighted by Crippen LogP contribution is -2.21. The van der Waals surface area contributed by atoms with Crippen LogP contribution in [0.15, 0.2) is 60.7 Å². The van der Waals surface area contributed by atoms with Gasteiger partial charge in [0, 0.05) is 34.7 Å². The summed E-state index contributed by atoms with van der Waals surface area (Å²) in [5, 5.41) is 19.3. The summed E-state index contributed by atoms with van der Waals surface area (Å²) >= 11 is 0. The van der Waals surface area contributed by atoms with E-state index in [4.69, 9.17) is 0 Å². The zero-order chi connectivity index (χ0) is 17.6. The molecule has 4 nitrogen and oxygen atoms in total. The minimum absolute atomic E-state index is 0.00882. The predicted molar refractivity (Wildman–Crippen MR) is 92.3 cm³/mol.